The predicted molar refractivity (Wildman–Crippen MR) is 84.4 cm³/mol. The van der Waals surface area contributed by atoms with Crippen LogP contribution < -0.4 is 10.1 Å². The topological polar surface area (TPSA) is 41.5 Å². The Labute approximate surface area is 123 Å². The van der Waals surface area contributed by atoms with Crippen LogP contribution in [0.5, 0.6) is 5.75 Å². The van der Waals surface area contributed by atoms with Gasteiger partial charge >= 0.3 is 0 Å². The number of rotatable bonds is 6. The maximum atomic E-state index is 9.55. The monoisotopic (exact) mass is 279 g/mol. The van der Waals surface area contributed by atoms with Gasteiger partial charge in [0.25, 0.3) is 0 Å². The maximum Gasteiger partial charge on any atom is 0.119 e. The van der Waals surface area contributed by atoms with Crippen LogP contribution in [0.1, 0.15) is 47.1 Å². The number of ether oxygens (including phenoxy) is 1. The molecule has 0 heterocycles. The molecule has 2 N–H and O–H groups in total. The lowest BCUT2D eigenvalue weighted by molar-refractivity contribution is 0.108. The Hall–Kier alpha value is -1.06. The molecule has 1 unspecified atom stereocenters. The van der Waals surface area contributed by atoms with E-state index in [1.807, 2.05) is 19.1 Å². The molecular weight excluding hydrogens is 250 g/mol. The highest BCUT2D eigenvalue weighted by atomic mass is 16.5. The third-order valence-electron chi connectivity index (χ3n) is 3.24. The Morgan fingerprint density at radius 2 is 1.85 bits per heavy atom. The molecule has 0 fully saturated rings. The fourth-order valence-corrected chi connectivity index (χ4v) is 2.12. The highest BCUT2D eigenvalue weighted by molar-refractivity contribution is 5.32. The second-order valence-electron chi connectivity index (χ2n) is 7.08. The lowest BCUT2D eigenvalue weighted by Gasteiger charge is -2.31. The third kappa shape index (κ3) is 5.14. The van der Waals surface area contributed by atoms with Gasteiger partial charge in [0.2, 0.25) is 0 Å². The molecule has 1 rings (SSSR count). The van der Waals surface area contributed by atoms with Crippen LogP contribution in [0.25, 0.3) is 0 Å². The van der Waals surface area contributed by atoms with Crippen LogP contribution >= 0.6 is 0 Å². The van der Waals surface area contributed by atoms with Crippen LogP contribution in [0.2, 0.25) is 0 Å². The molecule has 1 atom stereocenters. The summed E-state index contributed by atoms with van der Waals surface area (Å²) in [6.45, 7) is 13.1. The summed E-state index contributed by atoms with van der Waals surface area (Å²) in [5, 5.41) is 12.9. The molecule has 0 aliphatic heterocycles. The van der Waals surface area contributed by atoms with Crippen molar-refractivity contribution in [3.05, 3.63) is 29.8 Å². The van der Waals surface area contributed by atoms with E-state index in [0.29, 0.717) is 12.6 Å². The lowest BCUT2D eigenvalue weighted by Crippen LogP contribution is -2.53. The molecule has 3 nitrogen and oxygen atoms in total. The molecule has 0 aromatic heterocycles. The van der Waals surface area contributed by atoms with Crippen LogP contribution in [0.15, 0.2) is 24.3 Å². The summed E-state index contributed by atoms with van der Waals surface area (Å²) in [5.41, 5.74) is 0.930. The van der Waals surface area contributed by atoms with Gasteiger partial charge in [-0.25, -0.2) is 0 Å². The molecule has 0 aliphatic rings. The fraction of sp³-hybridized carbons (Fsp3) is 0.647. The van der Waals surface area contributed by atoms with Gasteiger partial charge in [-0.1, -0.05) is 46.8 Å². The van der Waals surface area contributed by atoms with E-state index in [1.165, 1.54) is 5.56 Å². The zero-order valence-electron chi connectivity index (χ0n) is 13.7. The molecular formula is C17H29NO2. The zero-order chi connectivity index (χ0) is 15.4. The standard InChI is InChI=1S/C17H29NO2/c1-13(2)18-17(6,11-19)12-20-15-9-7-8-14(10-15)16(3,4)5/h7-10,13,18-19H,11-12H2,1-6H3. The van der Waals surface area contributed by atoms with Gasteiger partial charge in [0.05, 0.1) is 12.1 Å². The van der Waals surface area contributed by atoms with Crippen LogP contribution in [0.4, 0.5) is 0 Å². The first kappa shape index (κ1) is 17.0. The number of benzene rings is 1. The van der Waals surface area contributed by atoms with Crippen molar-refractivity contribution >= 4 is 0 Å². The van der Waals surface area contributed by atoms with E-state index in [0.717, 1.165) is 5.75 Å². The Morgan fingerprint density at radius 1 is 1.20 bits per heavy atom. The summed E-state index contributed by atoms with van der Waals surface area (Å²) in [6.07, 6.45) is 0. The summed E-state index contributed by atoms with van der Waals surface area (Å²) in [7, 11) is 0. The fourth-order valence-electron chi connectivity index (χ4n) is 2.12. The summed E-state index contributed by atoms with van der Waals surface area (Å²) >= 11 is 0. The van der Waals surface area contributed by atoms with Crippen LogP contribution in [0.3, 0.4) is 0 Å². The van der Waals surface area contributed by atoms with Gasteiger partial charge in [0, 0.05) is 6.04 Å². The summed E-state index contributed by atoms with van der Waals surface area (Å²) < 4.78 is 5.88. The van der Waals surface area contributed by atoms with Gasteiger partial charge in [-0.15, -0.1) is 0 Å². The average molecular weight is 279 g/mol. The molecule has 0 spiro atoms. The highest BCUT2D eigenvalue weighted by Crippen LogP contribution is 2.26. The van der Waals surface area contributed by atoms with Crippen molar-refractivity contribution in [1.82, 2.24) is 5.32 Å². The SMILES string of the molecule is CC(C)NC(C)(CO)COc1cccc(C(C)(C)C)c1. The largest absolute Gasteiger partial charge is 0.492 e. The number of hydrogen-bond acceptors (Lipinski definition) is 3. The quantitative estimate of drug-likeness (QED) is 0.840. The molecule has 0 amide bonds. The van der Waals surface area contributed by atoms with E-state index in [4.69, 9.17) is 4.74 Å². The van der Waals surface area contributed by atoms with E-state index >= 15 is 0 Å². The van der Waals surface area contributed by atoms with Gasteiger partial charge in [-0.3, -0.25) is 0 Å². The van der Waals surface area contributed by atoms with Gasteiger partial charge in [0.15, 0.2) is 0 Å². The number of aliphatic hydroxyl groups excluding tert-OH is 1. The van der Waals surface area contributed by atoms with Crippen molar-refractivity contribution in [3.8, 4) is 5.75 Å². The second kappa shape index (κ2) is 6.59. The first-order valence-electron chi connectivity index (χ1n) is 7.28. The van der Waals surface area contributed by atoms with Gasteiger partial charge in [-0.2, -0.15) is 0 Å². The average Bonchev–Trinajstić information content (AvgIpc) is 2.35. The normalized spacial score (nSPS) is 15.2. The van der Waals surface area contributed by atoms with E-state index in [1.54, 1.807) is 0 Å². The Kier molecular flexibility index (Phi) is 5.60. The lowest BCUT2D eigenvalue weighted by atomic mass is 9.87. The van der Waals surface area contributed by atoms with Crippen molar-refractivity contribution in [1.29, 1.82) is 0 Å². The molecule has 20 heavy (non-hydrogen) atoms. The highest BCUT2D eigenvalue weighted by Gasteiger charge is 2.25. The summed E-state index contributed by atoms with van der Waals surface area (Å²) in [6, 6.07) is 8.47. The smallest absolute Gasteiger partial charge is 0.119 e. The molecule has 3 heteroatoms. The summed E-state index contributed by atoms with van der Waals surface area (Å²) in [5.74, 6) is 0.850. The molecule has 0 radical (unpaired) electrons. The van der Waals surface area contributed by atoms with Crippen LogP contribution in [0, 0.1) is 0 Å². The van der Waals surface area contributed by atoms with Crippen molar-refractivity contribution in [2.45, 2.75) is 58.5 Å². The molecule has 0 bridgehead atoms. The molecule has 0 saturated carbocycles. The molecule has 1 aromatic rings. The van der Waals surface area contributed by atoms with Gasteiger partial charge in [0.1, 0.15) is 12.4 Å². The zero-order valence-corrected chi connectivity index (χ0v) is 13.7. The number of aliphatic hydroxyl groups is 1. The van der Waals surface area contributed by atoms with E-state index in [2.05, 4.69) is 52.1 Å². The Bertz CT molecular complexity index is 423. The predicted octanol–water partition coefficient (Wildman–Crippen LogP) is 3.11. The summed E-state index contributed by atoms with van der Waals surface area (Å²) in [4.78, 5) is 0. The molecule has 1 aromatic carbocycles. The minimum Gasteiger partial charge on any atom is -0.492 e. The van der Waals surface area contributed by atoms with Gasteiger partial charge < -0.3 is 15.2 Å². The Morgan fingerprint density at radius 3 is 2.35 bits per heavy atom. The first-order valence-corrected chi connectivity index (χ1v) is 7.28. The van der Waals surface area contributed by atoms with Crippen molar-refractivity contribution < 1.29 is 9.84 Å². The van der Waals surface area contributed by atoms with Crippen molar-refractivity contribution in [3.63, 3.8) is 0 Å². The molecule has 0 aliphatic carbocycles. The van der Waals surface area contributed by atoms with Crippen molar-refractivity contribution in [2.24, 2.45) is 0 Å². The van der Waals surface area contributed by atoms with Crippen LogP contribution in [-0.2, 0) is 5.41 Å². The molecule has 0 saturated heterocycles. The minimum absolute atomic E-state index is 0.0458. The van der Waals surface area contributed by atoms with Gasteiger partial charge in [-0.05, 0) is 30.0 Å². The van der Waals surface area contributed by atoms with E-state index in [-0.39, 0.29) is 12.0 Å². The van der Waals surface area contributed by atoms with Crippen molar-refractivity contribution in [2.75, 3.05) is 13.2 Å². The second-order valence-corrected chi connectivity index (χ2v) is 7.08. The maximum absolute atomic E-state index is 9.55. The minimum atomic E-state index is -0.425. The first-order chi connectivity index (χ1) is 9.16. The van der Waals surface area contributed by atoms with Crippen LogP contribution in [-0.4, -0.2) is 29.9 Å². The number of nitrogens with one attached hydrogen (secondary N) is 1. The van der Waals surface area contributed by atoms with E-state index < -0.39 is 5.54 Å². The van der Waals surface area contributed by atoms with E-state index in [9.17, 15) is 5.11 Å². The molecule has 114 valence electrons. The Balaban J connectivity index is 2.74. The third-order valence-corrected chi connectivity index (χ3v) is 3.24. The number of hydrogen-bond donors (Lipinski definition) is 2.